The predicted octanol–water partition coefficient (Wildman–Crippen LogP) is 1.78. The van der Waals surface area contributed by atoms with Crippen molar-refractivity contribution in [3.63, 3.8) is 0 Å². The van der Waals surface area contributed by atoms with Crippen LogP contribution in [0, 0.1) is 0 Å². The number of nitrogens with two attached hydrogens (primary N) is 1. The molecule has 0 atom stereocenters. The van der Waals surface area contributed by atoms with Crippen molar-refractivity contribution in [1.29, 1.82) is 0 Å². The molecule has 1 heterocycles. The topological polar surface area (TPSA) is 80.4 Å². The van der Waals surface area contributed by atoms with Crippen molar-refractivity contribution in [2.24, 2.45) is 0 Å². The van der Waals surface area contributed by atoms with Crippen LogP contribution in [-0.4, -0.2) is 28.8 Å². The highest BCUT2D eigenvalue weighted by Crippen LogP contribution is 2.29. The fourth-order valence-corrected chi connectivity index (χ4v) is 2.30. The van der Waals surface area contributed by atoms with E-state index in [-0.39, 0.29) is 0 Å². The molecular formula is C13H21N3O2. The van der Waals surface area contributed by atoms with E-state index >= 15 is 0 Å². The van der Waals surface area contributed by atoms with Crippen LogP contribution in [0.3, 0.4) is 0 Å². The van der Waals surface area contributed by atoms with Gasteiger partial charge < -0.3 is 20.9 Å². The molecule has 2 rings (SSSR count). The standard InChI is InChI=1S/C13H21N3O2/c1-13(17)5-3-10(4-6-13)15-11-7-9(14)8-12(16-11)18-2/h7-8,10,17H,3-6H2,1-2H3,(H3,14,15,16)/t10-,13-. The average Bonchev–Trinajstić information content (AvgIpc) is 2.31. The van der Waals surface area contributed by atoms with E-state index in [9.17, 15) is 5.11 Å². The number of aromatic nitrogens is 1. The number of nitrogen functional groups attached to an aromatic ring is 1. The van der Waals surface area contributed by atoms with Crippen molar-refractivity contribution in [1.82, 2.24) is 4.98 Å². The Hall–Kier alpha value is -1.49. The van der Waals surface area contributed by atoms with Gasteiger partial charge in [0.25, 0.3) is 0 Å². The minimum atomic E-state index is -0.515. The quantitative estimate of drug-likeness (QED) is 0.763. The molecule has 0 radical (unpaired) electrons. The lowest BCUT2D eigenvalue weighted by Crippen LogP contribution is -2.35. The fourth-order valence-electron chi connectivity index (χ4n) is 2.30. The number of hydrogen-bond acceptors (Lipinski definition) is 5. The van der Waals surface area contributed by atoms with Crippen molar-refractivity contribution < 1.29 is 9.84 Å². The van der Waals surface area contributed by atoms with E-state index in [0.29, 0.717) is 17.6 Å². The molecule has 0 unspecified atom stereocenters. The first-order valence-corrected chi connectivity index (χ1v) is 6.29. The lowest BCUT2D eigenvalue weighted by atomic mass is 9.84. The van der Waals surface area contributed by atoms with Crippen LogP contribution in [-0.2, 0) is 0 Å². The third kappa shape index (κ3) is 3.26. The third-order valence-corrected chi connectivity index (χ3v) is 3.45. The van der Waals surface area contributed by atoms with E-state index in [0.717, 1.165) is 31.5 Å². The van der Waals surface area contributed by atoms with E-state index in [4.69, 9.17) is 10.5 Å². The Bertz CT molecular complexity index is 411. The molecule has 0 saturated heterocycles. The Morgan fingerprint density at radius 2 is 2.11 bits per heavy atom. The van der Waals surface area contributed by atoms with E-state index in [1.165, 1.54) is 0 Å². The second kappa shape index (κ2) is 5.02. The molecule has 5 nitrogen and oxygen atoms in total. The van der Waals surface area contributed by atoms with E-state index in [2.05, 4.69) is 10.3 Å². The summed E-state index contributed by atoms with van der Waals surface area (Å²) in [4.78, 5) is 4.31. The molecule has 0 spiro atoms. The minimum Gasteiger partial charge on any atom is -0.481 e. The summed E-state index contributed by atoms with van der Waals surface area (Å²) in [6.07, 6.45) is 3.49. The number of aliphatic hydroxyl groups is 1. The molecule has 1 saturated carbocycles. The van der Waals surface area contributed by atoms with Crippen LogP contribution in [0.5, 0.6) is 5.88 Å². The van der Waals surface area contributed by atoms with E-state index in [1.54, 1.807) is 19.2 Å². The van der Waals surface area contributed by atoms with Crippen LogP contribution in [0.4, 0.5) is 11.5 Å². The first-order chi connectivity index (χ1) is 8.48. The molecule has 0 amide bonds. The lowest BCUT2D eigenvalue weighted by Gasteiger charge is -2.33. The third-order valence-electron chi connectivity index (χ3n) is 3.45. The van der Waals surface area contributed by atoms with Crippen LogP contribution < -0.4 is 15.8 Å². The van der Waals surface area contributed by atoms with Crippen molar-refractivity contribution in [3.8, 4) is 5.88 Å². The zero-order valence-corrected chi connectivity index (χ0v) is 10.9. The summed E-state index contributed by atoms with van der Waals surface area (Å²) in [5, 5.41) is 13.3. The predicted molar refractivity (Wildman–Crippen MR) is 71.7 cm³/mol. The van der Waals surface area contributed by atoms with Crippen LogP contribution in [0.25, 0.3) is 0 Å². The number of hydrogen-bond donors (Lipinski definition) is 3. The van der Waals surface area contributed by atoms with Gasteiger partial charge in [-0.25, -0.2) is 0 Å². The van der Waals surface area contributed by atoms with Crippen molar-refractivity contribution in [2.75, 3.05) is 18.2 Å². The minimum absolute atomic E-state index is 0.337. The summed E-state index contributed by atoms with van der Waals surface area (Å²) in [6, 6.07) is 3.83. The monoisotopic (exact) mass is 251 g/mol. The van der Waals surface area contributed by atoms with Crippen LogP contribution in [0.1, 0.15) is 32.6 Å². The molecule has 5 heteroatoms. The smallest absolute Gasteiger partial charge is 0.216 e. The molecule has 1 aliphatic rings. The van der Waals surface area contributed by atoms with Gasteiger partial charge >= 0.3 is 0 Å². The maximum Gasteiger partial charge on any atom is 0.216 e. The summed E-state index contributed by atoms with van der Waals surface area (Å²) >= 11 is 0. The Balaban J connectivity index is 2.00. The number of pyridine rings is 1. The van der Waals surface area contributed by atoms with Gasteiger partial charge in [-0.2, -0.15) is 4.98 Å². The molecule has 1 aromatic rings. The Morgan fingerprint density at radius 3 is 2.72 bits per heavy atom. The van der Waals surface area contributed by atoms with Gasteiger partial charge in [0.05, 0.1) is 12.7 Å². The zero-order valence-electron chi connectivity index (χ0n) is 10.9. The largest absolute Gasteiger partial charge is 0.481 e. The summed E-state index contributed by atoms with van der Waals surface area (Å²) in [5.41, 5.74) is 5.90. The van der Waals surface area contributed by atoms with E-state index in [1.807, 2.05) is 6.92 Å². The summed E-state index contributed by atoms with van der Waals surface area (Å²) in [7, 11) is 1.57. The second-order valence-electron chi connectivity index (χ2n) is 5.24. The highest BCUT2D eigenvalue weighted by atomic mass is 16.5. The van der Waals surface area contributed by atoms with Gasteiger partial charge in [-0.05, 0) is 32.6 Å². The molecule has 0 aromatic carbocycles. The van der Waals surface area contributed by atoms with Gasteiger partial charge in [-0.1, -0.05) is 0 Å². The lowest BCUT2D eigenvalue weighted by molar-refractivity contribution is 0.0196. The van der Waals surface area contributed by atoms with Crippen molar-refractivity contribution in [2.45, 2.75) is 44.2 Å². The van der Waals surface area contributed by atoms with Gasteiger partial charge in [0.2, 0.25) is 5.88 Å². The summed E-state index contributed by atoms with van der Waals surface area (Å²) < 4.78 is 5.09. The van der Waals surface area contributed by atoms with Crippen molar-refractivity contribution in [3.05, 3.63) is 12.1 Å². The molecule has 0 aliphatic heterocycles. The normalized spacial score (nSPS) is 27.8. The average molecular weight is 251 g/mol. The first-order valence-electron chi connectivity index (χ1n) is 6.29. The van der Waals surface area contributed by atoms with Crippen LogP contribution in [0.15, 0.2) is 12.1 Å². The number of nitrogens with one attached hydrogen (secondary N) is 1. The Kier molecular flexibility index (Phi) is 3.61. The molecule has 0 bridgehead atoms. The maximum atomic E-state index is 9.90. The molecule has 1 aliphatic carbocycles. The maximum absolute atomic E-state index is 9.90. The second-order valence-corrected chi connectivity index (χ2v) is 5.24. The van der Waals surface area contributed by atoms with Crippen molar-refractivity contribution >= 4 is 11.5 Å². The summed E-state index contributed by atoms with van der Waals surface area (Å²) in [6.45, 7) is 1.89. The number of ether oxygens (including phenoxy) is 1. The Labute approximate surface area is 107 Å². The Morgan fingerprint density at radius 1 is 1.44 bits per heavy atom. The molecule has 100 valence electrons. The van der Waals surface area contributed by atoms with Gasteiger partial charge in [0.1, 0.15) is 5.82 Å². The SMILES string of the molecule is COc1cc(N)cc(N[C@H]2CC[C@](C)(O)CC2)n1. The van der Waals surface area contributed by atoms with Gasteiger partial charge in [0, 0.05) is 23.9 Å². The molecule has 18 heavy (non-hydrogen) atoms. The molecule has 4 N–H and O–H groups in total. The zero-order chi connectivity index (χ0) is 13.2. The number of methoxy groups -OCH3 is 1. The number of nitrogens with zero attached hydrogens (tertiary/aromatic N) is 1. The molecule has 1 fully saturated rings. The summed E-state index contributed by atoms with van der Waals surface area (Å²) in [5.74, 6) is 1.25. The van der Waals surface area contributed by atoms with E-state index < -0.39 is 5.60 Å². The highest BCUT2D eigenvalue weighted by molar-refractivity contribution is 5.52. The number of rotatable bonds is 3. The van der Waals surface area contributed by atoms with Crippen LogP contribution in [0.2, 0.25) is 0 Å². The van der Waals surface area contributed by atoms with Gasteiger partial charge in [-0.15, -0.1) is 0 Å². The molecular weight excluding hydrogens is 230 g/mol. The number of anilines is 2. The van der Waals surface area contributed by atoms with Crippen LogP contribution >= 0.6 is 0 Å². The van der Waals surface area contributed by atoms with Gasteiger partial charge in [-0.3, -0.25) is 0 Å². The highest BCUT2D eigenvalue weighted by Gasteiger charge is 2.28. The first kappa shape index (κ1) is 13.0. The molecule has 1 aromatic heterocycles. The van der Waals surface area contributed by atoms with Gasteiger partial charge in [0.15, 0.2) is 0 Å². The fraction of sp³-hybridized carbons (Fsp3) is 0.615.